The summed E-state index contributed by atoms with van der Waals surface area (Å²) in [7, 11) is 0. The molecule has 0 radical (unpaired) electrons. The lowest BCUT2D eigenvalue weighted by atomic mass is 10.1. The second kappa shape index (κ2) is 6.77. The molecular formula is C13H19BrN2O. The van der Waals surface area contributed by atoms with Crippen LogP contribution in [0.15, 0.2) is 22.7 Å². The lowest BCUT2D eigenvalue weighted by Gasteiger charge is -2.14. The minimum atomic E-state index is -0.423. The number of hydrogen-bond acceptors (Lipinski definition) is 2. The lowest BCUT2D eigenvalue weighted by molar-refractivity contribution is -0.117. The summed E-state index contributed by atoms with van der Waals surface area (Å²) in [5.74, 6) is -0.108. The van der Waals surface area contributed by atoms with Gasteiger partial charge in [-0.05, 0) is 36.6 Å². The molecule has 0 fully saturated rings. The van der Waals surface area contributed by atoms with Crippen LogP contribution in [0.4, 0.5) is 5.69 Å². The first-order valence-electron chi connectivity index (χ1n) is 5.93. The molecule has 1 rings (SSSR count). The van der Waals surface area contributed by atoms with Crippen molar-refractivity contribution < 1.29 is 4.79 Å². The normalized spacial score (nSPS) is 12.2. The lowest BCUT2D eigenvalue weighted by Crippen LogP contribution is -2.35. The van der Waals surface area contributed by atoms with Crippen LogP contribution in [-0.2, 0) is 11.2 Å². The second-order valence-corrected chi connectivity index (χ2v) is 4.96. The van der Waals surface area contributed by atoms with Gasteiger partial charge in [0.15, 0.2) is 0 Å². The molecule has 1 unspecified atom stereocenters. The Kier molecular flexibility index (Phi) is 5.65. The molecule has 94 valence electrons. The molecule has 0 aliphatic carbocycles. The molecule has 0 spiro atoms. The molecule has 1 amide bonds. The van der Waals surface area contributed by atoms with E-state index in [1.165, 1.54) is 0 Å². The van der Waals surface area contributed by atoms with Crippen molar-refractivity contribution in [1.29, 1.82) is 0 Å². The van der Waals surface area contributed by atoms with Crippen LogP contribution in [0.1, 0.15) is 32.3 Å². The zero-order chi connectivity index (χ0) is 12.8. The van der Waals surface area contributed by atoms with Crippen molar-refractivity contribution in [3.8, 4) is 0 Å². The number of aryl methyl sites for hydroxylation is 1. The Morgan fingerprint density at radius 3 is 2.76 bits per heavy atom. The highest BCUT2D eigenvalue weighted by molar-refractivity contribution is 9.10. The fourth-order valence-electron chi connectivity index (χ4n) is 1.64. The topological polar surface area (TPSA) is 55.1 Å². The van der Waals surface area contributed by atoms with Crippen LogP contribution in [0.25, 0.3) is 0 Å². The van der Waals surface area contributed by atoms with Crippen LogP contribution < -0.4 is 11.1 Å². The number of rotatable bonds is 5. The van der Waals surface area contributed by atoms with E-state index in [0.717, 1.165) is 28.6 Å². The minimum Gasteiger partial charge on any atom is -0.324 e. The van der Waals surface area contributed by atoms with Crippen LogP contribution in [0.2, 0.25) is 0 Å². The predicted molar refractivity (Wildman–Crippen MR) is 75.0 cm³/mol. The molecule has 0 aromatic heterocycles. The summed E-state index contributed by atoms with van der Waals surface area (Å²) >= 11 is 3.42. The Hall–Kier alpha value is -0.870. The Balaban J connectivity index is 2.77. The monoisotopic (exact) mass is 298 g/mol. The zero-order valence-electron chi connectivity index (χ0n) is 10.3. The maximum Gasteiger partial charge on any atom is 0.241 e. The van der Waals surface area contributed by atoms with Crippen molar-refractivity contribution in [2.45, 2.75) is 39.2 Å². The summed E-state index contributed by atoms with van der Waals surface area (Å²) in [6.07, 6.45) is 2.50. The number of hydrogen-bond donors (Lipinski definition) is 2. The van der Waals surface area contributed by atoms with Gasteiger partial charge in [0, 0.05) is 10.2 Å². The van der Waals surface area contributed by atoms with Gasteiger partial charge in [0.2, 0.25) is 5.91 Å². The number of benzene rings is 1. The van der Waals surface area contributed by atoms with E-state index < -0.39 is 6.04 Å². The van der Waals surface area contributed by atoms with Crippen LogP contribution in [-0.4, -0.2) is 11.9 Å². The van der Waals surface area contributed by atoms with Crippen molar-refractivity contribution in [3.63, 3.8) is 0 Å². The third-order valence-electron chi connectivity index (χ3n) is 2.64. The van der Waals surface area contributed by atoms with Crippen molar-refractivity contribution in [1.82, 2.24) is 0 Å². The molecule has 0 bridgehead atoms. The Bertz CT molecular complexity index is 393. The molecule has 17 heavy (non-hydrogen) atoms. The van der Waals surface area contributed by atoms with Gasteiger partial charge in [0.25, 0.3) is 0 Å². The van der Waals surface area contributed by atoms with E-state index in [1.807, 2.05) is 25.1 Å². The SMILES string of the molecule is CCCC(N)C(=O)Nc1ccc(Br)cc1CC. The smallest absolute Gasteiger partial charge is 0.241 e. The highest BCUT2D eigenvalue weighted by Gasteiger charge is 2.13. The quantitative estimate of drug-likeness (QED) is 0.878. The summed E-state index contributed by atoms with van der Waals surface area (Å²) in [6.45, 7) is 4.08. The van der Waals surface area contributed by atoms with Crippen molar-refractivity contribution in [2.24, 2.45) is 5.73 Å². The van der Waals surface area contributed by atoms with Gasteiger partial charge in [0.05, 0.1) is 6.04 Å². The van der Waals surface area contributed by atoms with Gasteiger partial charge in [-0.3, -0.25) is 4.79 Å². The highest BCUT2D eigenvalue weighted by atomic mass is 79.9. The van der Waals surface area contributed by atoms with Crippen molar-refractivity contribution in [3.05, 3.63) is 28.2 Å². The van der Waals surface area contributed by atoms with Crippen LogP contribution in [0.5, 0.6) is 0 Å². The average Bonchev–Trinajstić information content (AvgIpc) is 2.31. The summed E-state index contributed by atoms with van der Waals surface area (Å²) in [4.78, 5) is 11.8. The van der Waals surface area contributed by atoms with Gasteiger partial charge in [-0.2, -0.15) is 0 Å². The van der Waals surface area contributed by atoms with E-state index >= 15 is 0 Å². The molecule has 1 atom stereocenters. The molecule has 3 N–H and O–H groups in total. The van der Waals surface area contributed by atoms with E-state index in [9.17, 15) is 4.79 Å². The number of anilines is 1. The summed E-state index contributed by atoms with van der Waals surface area (Å²) in [5.41, 5.74) is 7.74. The Labute approximate surface area is 111 Å². The fraction of sp³-hybridized carbons (Fsp3) is 0.462. The van der Waals surface area contributed by atoms with Crippen LogP contribution in [0.3, 0.4) is 0 Å². The first-order valence-corrected chi connectivity index (χ1v) is 6.72. The molecule has 3 nitrogen and oxygen atoms in total. The Morgan fingerprint density at radius 1 is 1.47 bits per heavy atom. The number of nitrogens with two attached hydrogens (primary N) is 1. The van der Waals surface area contributed by atoms with Gasteiger partial charge in [-0.15, -0.1) is 0 Å². The van der Waals surface area contributed by atoms with E-state index in [1.54, 1.807) is 0 Å². The maximum absolute atomic E-state index is 11.8. The Morgan fingerprint density at radius 2 is 2.18 bits per heavy atom. The zero-order valence-corrected chi connectivity index (χ0v) is 11.9. The summed E-state index contributed by atoms with van der Waals surface area (Å²) < 4.78 is 1.02. The number of halogens is 1. The van der Waals surface area contributed by atoms with E-state index in [-0.39, 0.29) is 5.91 Å². The summed E-state index contributed by atoms with van der Waals surface area (Å²) in [5, 5.41) is 2.89. The third kappa shape index (κ3) is 4.13. The molecule has 1 aromatic carbocycles. The van der Waals surface area contributed by atoms with E-state index in [0.29, 0.717) is 6.42 Å². The molecular weight excluding hydrogens is 280 g/mol. The van der Waals surface area contributed by atoms with E-state index in [2.05, 4.69) is 28.2 Å². The average molecular weight is 299 g/mol. The molecule has 0 heterocycles. The summed E-state index contributed by atoms with van der Waals surface area (Å²) in [6, 6.07) is 5.41. The third-order valence-corrected chi connectivity index (χ3v) is 3.14. The van der Waals surface area contributed by atoms with Crippen molar-refractivity contribution >= 4 is 27.5 Å². The van der Waals surface area contributed by atoms with Crippen LogP contribution in [0, 0.1) is 0 Å². The molecule has 1 aromatic rings. The number of nitrogens with one attached hydrogen (secondary N) is 1. The van der Waals surface area contributed by atoms with Gasteiger partial charge in [-0.25, -0.2) is 0 Å². The van der Waals surface area contributed by atoms with Gasteiger partial charge >= 0.3 is 0 Å². The minimum absolute atomic E-state index is 0.108. The molecule has 0 saturated heterocycles. The first kappa shape index (κ1) is 14.2. The molecule has 4 heteroatoms. The molecule has 0 aliphatic rings. The number of carbonyl (C=O) groups is 1. The first-order chi connectivity index (χ1) is 8.08. The molecule has 0 saturated carbocycles. The molecule has 0 aliphatic heterocycles. The number of carbonyl (C=O) groups excluding carboxylic acids is 1. The second-order valence-electron chi connectivity index (χ2n) is 4.04. The van der Waals surface area contributed by atoms with Gasteiger partial charge in [0.1, 0.15) is 0 Å². The predicted octanol–water partition coefficient (Wildman–Crippen LogP) is 3.08. The number of amides is 1. The highest BCUT2D eigenvalue weighted by Crippen LogP contribution is 2.21. The van der Waals surface area contributed by atoms with Crippen LogP contribution >= 0.6 is 15.9 Å². The largest absolute Gasteiger partial charge is 0.324 e. The van der Waals surface area contributed by atoms with Gasteiger partial charge in [-0.1, -0.05) is 36.2 Å². The standard InChI is InChI=1S/C13H19BrN2O/c1-3-5-11(15)13(17)16-12-7-6-10(14)8-9(12)4-2/h6-8,11H,3-5,15H2,1-2H3,(H,16,17). The van der Waals surface area contributed by atoms with E-state index in [4.69, 9.17) is 5.73 Å². The fourth-order valence-corrected chi connectivity index (χ4v) is 2.05. The maximum atomic E-state index is 11.8. The van der Waals surface area contributed by atoms with Crippen molar-refractivity contribution in [2.75, 3.05) is 5.32 Å². The van der Waals surface area contributed by atoms with Gasteiger partial charge < -0.3 is 11.1 Å².